The SMILES string of the molecule is CCc1cc2c(=O)n(CCN3CCOCC3)c(=O)n(Cc3ccc(-c4ccccc4-c4noc(=O)[nH]4)cc3)c2s1.Cl. The molecule has 0 bridgehead atoms. The van der Waals surface area contributed by atoms with Gasteiger partial charge in [-0.05, 0) is 29.2 Å². The number of hydrogen-bond donors (Lipinski definition) is 1. The highest BCUT2D eigenvalue weighted by atomic mass is 35.5. The number of thiophene rings is 1. The summed E-state index contributed by atoms with van der Waals surface area (Å²) in [5, 5.41) is 4.43. The molecule has 6 rings (SSSR count). The van der Waals surface area contributed by atoms with Gasteiger partial charge < -0.3 is 4.74 Å². The van der Waals surface area contributed by atoms with Crippen LogP contribution in [0.3, 0.4) is 0 Å². The third-order valence-electron chi connectivity index (χ3n) is 7.27. The predicted molar refractivity (Wildman–Crippen MR) is 161 cm³/mol. The van der Waals surface area contributed by atoms with Crippen molar-refractivity contribution >= 4 is 34.0 Å². The van der Waals surface area contributed by atoms with Gasteiger partial charge in [-0.15, -0.1) is 23.7 Å². The molecule has 1 fully saturated rings. The second kappa shape index (κ2) is 12.4. The number of halogens is 1. The van der Waals surface area contributed by atoms with Crippen LogP contribution in [-0.4, -0.2) is 57.0 Å². The average Bonchev–Trinajstić information content (AvgIpc) is 3.63. The highest BCUT2D eigenvalue weighted by molar-refractivity contribution is 7.18. The van der Waals surface area contributed by atoms with Gasteiger partial charge in [0, 0.05) is 36.6 Å². The molecule has 1 aliphatic heterocycles. The number of aromatic nitrogens is 4. The van der Waals surface area contributed by atoms with Crippen molar-refractivity contribution in [2.24, 2.45) is 0 Å². The molecule has 214 valence electrons. The number of nitrogens with zero attached hydrogens (tertiary/aromatic N) is 4. The van der Waals surface area contributed by atoms with Crippen molar-refractivity contribution in [2.45, 2.75) is 26.4 Å². The van der Waals surface area contributed by atoms with Crippen LogP contribution >= 0.6 is 23.7 Å². The van der Waals surface area contributed by atoms with E-state index in [-0.39, 0.29) is 23.7 Å². The first kappa shape index (κ1) is 28.7. The Kier molecular flexibility index (Phi) is 8.69. The first-order valence-electron chi connectivity index (χ1n) is 13.3. The summed E-state index contributed by atoms with van der Waals surface area (Å²) >= 11 is 1.51. The van der Waals surface area contributed by atoms with Crippen LogP contribution in [0.25, 0.3) is 32.7 Å². The van der Waals surface area contributed by atoms with Crippen molar-refractivity contribution in [1.82, 2.24) is 24.2 Å². The standard InChI is InChI=1S/C29H29N5O5S.ClH/c1-2-21-17-24-26(35)33(12-11-32-13-15-38-16-14-32)29(37)34(27(24)40-21)18-19-7-9-20(10-8-19)22-5-3-4-6-23(22)25-30-28(36)39-31-25;/h3-10,17H,2,11-16,18H2,1H3,(H,30,31,36);1H. The van der Waals surface area contributed by atoms with E-state index in [0.717, 1.165) is 46.6 Å². The smallest absolute Gasteiger partial charge is 0.379 e. The number of aromatic amines is 1. The Morgan fingerprint density at radius 3 is 2.37 bits per heavy atom. The zero-order valence-electron chi connectivity index (χ0n) is 22.5. The minimum absolute atomic E-state index is 0. The fraction of sp³-hybridized carbons (Fsp3) is 0.310. The molecule has 0 aliphatic carbocycles. The molecule has 0 amide bonds. The van der Waals surface area contributed by atoms with Crippen molar-refractivity contribution in [3.05, 3.63) is 96.4 Å². The lowest BCUT2D eigenvalue weighted by Crippen LogP contribution is -2.44. The van der Waals surface area contributed by atoms with Gasteiger partial charge in [0.15, 0.2) is 5.82 Å². The van der Waals surface area contributed by atoms with E-state index in [1.54, 1.807) is 4.57 Å². The van der Waals surface area contributed by atoms with Crippen LogP contribution in [0.15, 0.2) is 73.5 Å². The Morgan fingerprint density at radius 2 is 1.68 bits per heavy atom. The summed E-state index contributed by atoms with van der Waals surface area (Å²) in [6.07, 6.45) is 0.797. The van der Waals surface area contributed by atoms with Crippen molar-refractivity contribution in [2.75, 3.05) is 32.8 Å². The lowest BCUT2D eigenvalue weighted by atomic mass is 9.98. The summed E-state index contributed by atoms with van der Waals surface area (Å²) < 4.78 is 13.2. The lowest BCUT2D eigenvalue weighted by molar-refractivity contribution is 0.0361. The minimum Gasteiger partial charge on any atom is -0.379 e. The molecular weight excluding hydrogens is 566 g/mol. The molecule has 1 saturated heterocycles. The minimum atomic E-state index is -0.608. The topological polar surface area (TPSA) is 115 Å². The van der Waals surface area contributed by atoms with E-state index < -0.39 is 5.76 Å². The Hall–Kier alpha value is -3.77. The fourth-order valence-corrected chi connectivity index (χ4v) is 6.16. The Balaban J connectivity index is 0.00000337. The molecule has 1 N–H and O–H groups in total. The maximum atomic E-state index is 13.7. The summed E-state index contributed by atoms with van der Waals surface area (Å²) in [5.74, 6) is -0.245. The van der Waals surface area contributed by atoms with Crippen LogP contribution < -0.4 is 17.0 Å². The number of hydrogen-bond acceptors (Lipinski definition) is 8. The van der Waals surface area contributed by atoms with Gasteiger partial charge in [0.1, 0.15) is 4.83 Å². The third-order valence-corrected chi connectivity index (χ3v) is 8.57. The monoisotopic (exact) mass is 595 g/mol. The van der Waals surface area contributed by atoms with E-state index in [2.05, 4.69) is 22.0 Å². The molecule has 0 radical (unpaired) electrons. The number of fused-ring (bicyclic) bond motifs is 1. The summed E-state index contributed by atoms with van der Waals surface area (Å²) in [7, 11) is 0. The summed E-state index contributed by atoms with van der Waals surface area (Å²) in [4.78, 5) is 45.2. The highest BCUT2D eigenvalue weighted by Gasteiger charge is 2.18. The molecule has 0 atom stereocenters. The molecule has 12 heteroatoms. The van der Waals surface area contributed by atoms with Gasteiger partial charge >= 0.3 is 11.4 Å². The van der Waals surface area contributed by atoms with Gasteiger partial charge in [0.05, 0.1) is 25.1 Å². The van der Waals surface area contributed by atoms with Crippen molar-refractivity contribution in [1.29, 1.82) is 0 Å². The summed E-state index contributed by atoms with van der Waals surface area (Å²) in [6.45, 7) is 6.28. The van der Waals surface area contributed by atoms with E-state index in [4.69, 9.17) is 9.26 Å². The molecule has 0 spiro atoms. The molecule has 5 aromatic rings. The Morgan fingerprint density at radius 1 is 0.951 bits per heavy atom. The molecule has 4 heterocycles. The third kappa shape index (κ3) is 5.84. The predicted octanol–water partition coefficient (Wildman–Crippen LogP) is 3.60. The van der Waals surface area contributed by atoms with Crippen molar-refractivity contribution in [3.8, 4) is 22.5 Å². The molecule has 0 unspecified atom stereocenters. The van der Waals surface area contributed by atoms with Crippen LogP contribution in [0.5, 0.6) is 0 Å². The van der Waals surface area contributed by atoms with Gasteiger partial charge in [-0.3, -0.25) is 28.3 Å². The van der Waals surface area contributed by atoms with E-state index in [1.165, 1.54) is 15.9 Å². The maximum absolute atomic E-state index is 13.7. The molecule has 3 aromatic heterocycles. The van der Waals surface area contributed by atoms with Crippen LogP contribution in [0, 0.1) is 0 Å². The first-order valence-corrected chi connectivity index (χ1v) is 14.1. The molecule has 2 aromatic carbocycles. The number of aryl methyl sites for hydroxylation is 1. The van der Waals surface area contributed by atoms with Gasteiger partial charge in [-0.25, -0.2) is 9.59 Å². The van der Waals surface area contributed by atoms with E-state index >= 15 is 0 Å². The average molecular weight is 596 g/mol. The zero-order valence-corrected chi connectivity index (χ0v) is 24.1. The lowest BCUT2D eigenvalue weighted by Gasteiger charge is -2.26. The molecule has 41 heavy (non-hydrogen) atoms. The van der Waals surface area contributed by atoms with Gasteiger partial charge in [0.2, 0.25) is 0 Å². The molecule has 1 aliphatic rings. The number of rotatable bonds is 8. The first-order chi connectivity index (χ1) is 19.5. The van der Waals surface area contributed by atoms with Crippen molar-refractivity contribution in [3.63, 3.8) is 0 Å². The van der Waals surface area contributed by atoms with Gasteiger partial charge in [-0.2, -0.15) is 0 Å². The Bertz CT molecular complexity index is 1830. The molecule has 10 nitrogen and oxygen atoms in total. The van der Waals surface area contributed by atoms with Gasteiger partial charge in [-0.1, -0.05) is 60.6 Å². The second-order valence-electron chi connectivity index (χ2n) is 9.75. The Labute approximate surface area is 245 Å². The summed E-state index contributed by atoms with van der Waals surface area (Å²) in [5.41, 5.74) is 2.99. The van der Waals surface area contributed by atoms with Crippen LogP contribution in [0.1, 0.15) is 17.4 Å². The normalized spacial score (nSPS) is 13.9. The van der Waals surface area contributed by atoms with Crippen LogP contribution in [0.4, 0.5) is 0 Å². The quantitative estimate of drug-likeness (QED) is 0.291. The number of nitrogens with one attached hydrogen (secondary N) is 1. The largest absolute Gasteiger partial charge is 0.439 e. The number of H-pyrrole nitrogens is 1. The summed E-state index contributed by atoms with van der Waals surface area (Å²) in [6, 6.07) is 17.5. The van der Waals surface area contributed by atoms with Gasteiger partial charge in [0.25, 0.3) is 5.56 Å². The highest BCUT2D eigenvalue weighted by Crippen LogP contribution is 2.30. The zero-order chi connectivity index (χ0) is 27.6. The number of morpholine rings is 1. The maximum Gasteiger partial charge on any atom is 0.439 e. The van der Waals surface area contributed by atoms with E-state index in [1.807, 2.05) is 54.6 Å². The molecule has 0 saturated carbocycles. The fourth-order valence-electron chi connectivity index (χ4n) is 5.09. The number of benzene rings is 2. The van der Waals surface area contributed by atoms with Crippen molar-refractivity contribution < 1.29 is 9.26 Å². The van der Waals surface area contributed by atoms with E-state index in [0.29, 0.717) is 48.9 Å². The van der Waals surface area contributed by atoms with Crippen LogP contribution in [-0.2, 0) is 24.2 Å². The van der Waals surface area contributed by atoms with E-state index in [9.17, 15) is 14.4 Å². The molecular formula is C29H30ClN5O5S. The second-order valence-corrected chi connectivity index (χ2v) is 10.9. The van der Waals surface area contributed by atoms with Crippen LogP contribution in [0.2, 0.25) is 0 Å². The number of ether oxygens (including phenoxy) is 1.